The molecule has 0 aliphatic heterocycles. The van der Waals surface area contributed by atoms with Crippen molar-refractivity contribution >= 4 is 11.7 Å². The molecule has 0 spiro atoms. The summed E-state index contributed by atoms with van der Waals surface area (Å²) in [7, 11) is 3.51. The highest BCUT2D eigenvalue weighted by molar-refractivity contribution is 5.91. The molecule has 1 aliphatic rings. The zero-order chi connectivity index (χ0) is 15.4. The van der Waals surface area contributed by atoms with E-state index in [1.54, 1.807) is 7.11 Å². The first-order chi connectivity index (χ1) is 10.0. The number of urea groups is 1. The molecule has 116 valence electrons. The summed E-state index contributed by atoms with van der Waals surface area (Å²) in [6, 6.07) is 6.07. The van der Waals surface area contributed by atoms with Gasteiger partial charge in [-0.05, 0) is 43.4 Å². The second kappa shape index (κ2) is 6.83. The summed E-state index contributed by atoms with van der Waals surface area (Å²) in [5, 5.41) is 2.97. The molecule has 0 radical (unpaired) electrons. The fourth-order valence-corrected chi connectivity index (χ4v) is 3.13. The first kappa shape index (κ1) is 15.7. The van der Waals surface area contributed by atoms with Gasteiger partial charge >= 0.3 is 6.03 Å². The van der Waals surface area contributed by atoms with Gasteiger partial charge in [-0.2, -0.15) is 0 Å². The molecule has 0 aromatic heterocycles. The minimum absolute atomic E-state index is 0.0593. The van der Waals surface area contributed by atoms with Crippen LogP contribution in [0, 0.1) is 12.8 Å². The van der Waals surface area contributed by atoms with Crippen LogP contribution in [0.3, 0.4) is 0 Å². The van der Waals surface area contributed by atoms with Crippen molar-refractivity contribution in [3.63, 3.8) is 0 Å². The Balaban J connectivity index is 2.06. The number of nitrogens with zero attached hydrogens (tertiary/aromatic N) is 1. The zero-order valence-corrected chi connectivity index (χ0v) is 13.5. The van der Waals surface area contributed by atoms with Crippen LogP contribution in [0.25, 0.3) is 0 Å². The first-order valence-corrected chi connectivity index (χ1v) is 7.71. The van der Waals surface area contributed by atoms with Gasteiger partial charge < -0.3 is 15.0 Å². The Labute approximate surface area is 127 Å². The van der Waals surface area contributed by atoms with E-state index in [4.69, 9.17) is 4.74 Å². The Kier molecular flexibility index (Phi) is 5.10. The van der Waals surface area contributed by atoms with Gasteiger partial charge in [0.1, 0.15) is 5.75 Å². The third kappa shape index (κ3) is 3.69. The van der Waals surface area contributed by atoms with Crippen LogP contribution in [-0.4, -0.2) is 31.1 Å². The van der Waals surface area contributed by atoms with Gasteiger partial charge in [0, 0.05) is 13.1 Å². The highest BCUT2D eigenvalue weighted by Gasteiger charge is 2.28. The lowest BCUT2D eigenvalue weighted by molar-refractivity contribution is 0.155. The van der Waals surface area contributed by atoms with Gasteiger partial charge in [0.2, 0.25) is 0 Å². The van der Waals surface area contributed by atoms with Crippen molar-refractivity contribution in [2.45, 2.75) is 45.6 Å². The van der Waals surface area contributed by atoms with Gasteiger partial charge in [-0.1, -0.05) is 25.8 Å². The molecule has 0 heterocycles. The molecule has 1 fully saturated rings. The molecular formula is C17H26N2O2. The van der Waals surface area contributed by atoms with Crippen molar-refractivity contribution in [3.8, 4) is 5.75 Å². The minimum atomic E-state index is -0.0593. The van der Waals surface area contributed by atoms with E-state index in [0.29, 0.717) is 17.7 Å². The Morgan fingerprint density at radius 2 is 2.05 bits per heavy atom. The molecular weight excluding hydrogens is 264 g/mol. The molecule has 1 aromatic rings. The molecule has 1 aliphatic carbocycles. The summed E-state index contributed by atoms with van der Waals surface area (Å²) >= 11 is 0. The maximum Gasteiger partial charge on any atom is 0.321 e. The average molecular weight is 290 g/mol. The lowest BCUT2D eigenvalue weighted by atomic mass is 9.85. The van der Waals surface area contributed by atoms with Crippen LogP contribution < -0.4 is 10.1 Å². The van der Waals surface area contributed by atoms with Crippen molar-refractivity contribution in [1.82, 2.24) is 4.90 Å². The maximum absolute atomic E-state index is 12.5. The number of hydrogen-bond donors (Lipinski definition) is 1. The second-order valence-corrected chi connectivity index (χ2v) is 6.07. The molecule has 21 heavy (non-hydrogen) atoms. The number of carbonyl (C=O) groups is 1. The van der Waals surface area contributed by atoms with Crippen LogP contribution in [0.15, 0.2) is 18.2 Å². The Morgan fingerprint density at radius 3 is 2.71 bits per heavy atom. The van der Waals surface area contributed by atoms with Crippen LogP contribution in [0.2, 0.25) is 0 Å². The number of amides is 2. The van der Waals surface area contributed by atoms with E-state index in [1.165, 1.54) is 19.3 Å². The van der Waals surface area contributed by atoms with Crippen LogP contribution in [0.1, 0.15) is 38.2 Å². The molecule has 4 heteroatoms. The Hall–Kier alpha value is -1.71. The van der Waals surface area contributed by atoms with Crippen molar-refractivity contribution in [2.75, 3.05) is 19.5 Å². The number of carbonyl (C=O) groups excluding carboxylic acids is 1. The number of benzene rings is 1. The molecule has 0 bridgehead atoms. The van der Waals surface area contributed by atoms with E-state index in [2.05, 4.69) is 12.2 Å². The van der Waals surface area contributed by atoms with Gasteiger partial charge in [-0.15, -0.1) is 0 Å². The molecule has 2 rings (SSSR count). The molecule has 4 nitrogen and oxygen atoms in total. The lowest BCUT2D eigenvalue weighted by Gasteiger charge is -2.36. The average Bonchev–Trinajstić information content (AvgIpc) is 2.48. The van der Waals surface area contributed by atoms with Crippen LogP contribution in [0.5, 0.6) is 5.75 Å². The number of hydrogen-bond acceptors (Lipinski definition) is 2. The van der Waals surface area contributed by atoms with Gasteiger partial charge in [-0.3, -0.25) is 0 Å². The third-order valence-electron chi connectivity index (χ3n) is 4.48. The zero-order valence-electron chi connectivity index (χ0n) is 13.5. The molecule has 1 N–H and O–H groups in total. The number of ether oxygens (including phenoxy) is 1. The fraction of sp³-hybridized carbons (Fsp3) is 0.588. The summed E-state index contributed by atoms with van der Waals surface area (Å²) in [6.07, 6.45) is 4.78. The summed E-state index contributed by atoms with van der Waals surface area (Å²) in [4.78, 5) is 14.3. The van der Waals surface area contributed by atoms with Gasteiger partial charge in [-0.25, -0.2) is 4.79 Å². The largest absolute Gasteiger partial charge is 0.495 e. The lowest BCUT2D eigenvalue weighted by Crippen LogP contribution is -2.44. The minimum Gasteiger partial charge on any atom is -0.495 e. The van der Waals surface area contributed by atoms with E-state index < -0.39 is 0 Å². The fourth-order valence-electron chi connectivity index (χ4n) is 3.13. The van der Waals surface area contributed by atoms with Crippen molar-refractivity contribution in [1.29, 1.82) is 0 Å². The number of anilines is 1. The smallest absolute Gasteiger partial charge is 0.321 e. The van der Waals surface area contributed by atoms with E-state index in [0.717, 1.165) is 17.7 Å². The number of methoxy groups -OCH3 is 1. The SMILES string of the molecule is COc1cc(C)ccc1NC(=O)N(C)C1CCCCC1C. The van der Waals surface area contributed by atoms with E-state index in [-0.39, 0.29) is 6.03 Å². The monoisotopic (exact) mass is 290 g/mol. The van der Waals surface area contributed by atoms with E-state index in [1.807, 2.05) is 37.1 Å². The summed E-state index contributed by atoms with van der Waals surface area (Å²) in [6.45, 7) is 4.24. The topological polar surface area (TPSA) is 41.6 Å². The number of aryl methyl sites for hydroxylation is 1. The van der Waals surface area contributed by atoms with Crippen molar-refractivity contribution in [3.05, 3.63) is 23.8 Å². The number of nitrogens with one attached hydrogen (secondary N) is 1. The predicted molar refractivity (Wildman–Crippen MR) is 85.9 cm³/mol. The van der Waals surface area contributed by atoms with Crippen LogP contribution in [-0.2, 0) is 0 Å². The number of rotatable bonds is 3. The van der Waals surface area contributed by atoms with Gasteiger partial charge in [0.25, 0.3) is 0 Å². The van der Waals surface area contributed by atoms with Crippen molar-refractivity contribution < 1.29 is 9.53 Å². The maximum atomic E-state index is 12.5. The van der Waals surface area contributed by atoms with Crippen LogP contribution in [0.4, 0.5) is 10.5 Å². The molecule has 2 atom stereocenters. The first-order valence-electron chi connectivity index (χ1n) is 7.71. The Morgan fingerprint density at radius 1 is 1.33 bits per heavy atom. The highest BCUT2D eigenvalue weighted by atomic mass is 16.5. The Bertz CT molecular complexity index is 502. The molecule has 1 saturated carbocycles. The second-order valence-electron chi connectivity index (χ2n) is 6.07. The predicted octanol–water partition coefficient (Wildman–Crippen LogP) is 4.05. The quantitative estimate of drug-likeness (QED) is 0.912. The molecule has 1 aromatic carbocycles. The van der Waals surface area contributed by atoms with E-state index in [9.17, 15) is 4.79 Å². The molecule has 2 unspecified atom stereocenters. The van der Waals surface area contributed by atoms with Gasteiger partial charge in [0.15, 0.2) is 0 Å². The van der Waals surface area contributed by atoms with Gasteiger partial charge in [0.05, 0.1) is 12.8 Å². The van der Waals surface area contributed by atoms with E-state index >= 15 is 0 Å². The summed E-state index contributed by atoms with van der Waals surface area (Å²) < 4.78 is 5.34. The summed E-state index contributed by atoms with van der Waals surface area (Å²) in [5.74, 6) is 1.27. The third-order valence-corrected chi connectivity index (χ3v) is 4.48. The molecule has 0 saturated heterocycles. The normalized spacial score (nSPS) is 21.7. The molecule has 2 amide bonds. The van der Waals surface area contributed by atoms with Crippen molar-refractivity contribution in [2.24, 2.45) is 5.92 Å². The summed E-state index contributed by atoms with van der Waals surface area (Å²) in [5.41, 5.74) is 1.84. The van der Waals surface area contributed by atoms with Crippen LogP contribution >= 0.6 is 0 Å². The highest BCUT2D eigenvalue weighted by Crippen LogP contribution is 2.29. The standard InChI is InChI=1S/C17H26N2O2/c1-12-9-10-14(16(11-12)21-4)18-17(20)19(3)15-8-6-5-7-13(15)2/h9-11,13,15H,5-8H2,1-4H3,(H,18,20).